The molecule has 0 aliphatic heterocycles. The summed E-state index contributed by atoms with van der Waals surface area (Å²) in [6.45, 7) is 2.43. The molecule has 2 rings (SSSR count). The lowest BCUT2D eigenvalue weighted by Gasteiger charge is -2.05. The number of benzene rings is 1. The molecule has 0 aliphatic rings. The first-order chi connectivity index (χ1) is 7.70. The lowest BCUT2D eigenvalue weighted by molar-refractivity contribution is 1.07. The Balaban J connectivity index is 2.41. The van der Waals surface area contributed by atoms with E-state index in [4.69, 9.17) is 17.3 Å². The molecule has 0 unspecified atom stereocenters. The number of rotatable bonds is 2. The predicted octanol–water partition coefficient (Wildman–Crippen LogP) is 3.17. The van der Waals surface area contributed by atoms with E-state index in [0.717, 1.165) is 22.4 Å². The minimum Gasteiger partial charge on any atom is -0.326 e. The summed E-state index contributed by atoms with van der Waals surface area (Å²) in [6.07, 6.45) is 1.85. The molecule has 3 heteroatoms. The fraction of sp³-hybridized carbons (Fsp3) is 0.154. The molecule has 1 aromatic heterocycles. The Kier molecular flexibility index (Phi) is 3.22. The van der Waals surface area contributed by atoms with Crippen molar-refractivity contribution in [3.05, 3.63) is 52.8 Å². The molecule has 2 nitrogen and oxygen atoms in total. The Morgan fingerprint density at radius 2 is 1.94 bits per heavy atom. The summed E-state index contributed by atoms with van der Waals surface area (Å²) in [5.74, 6) is 0. The van der Waals surface area contributed by atoms with E-state index in [1.807, 2.05) is 43.5 Å². The van der Waals surface area contributed by atoms with Crippen LogP contribution in [0.2, 0.25) is 5.02 Å². The van der Waals surface area contributed by atoms with Crippen molar-refractivity contribution in [2.45, 2.75) is 13.5 Å². The van der Waals surface area contributed by atoms with Gasteiger partial charge in [0.05, 0.1) is 0 Å². The van der Waals surface area contributed by atoms with E-state index in [2.05, 4.69) is 4.98 Å². The van der Waals surface area contributed by atoms with E-state index >= 15 is 0 Å². The lowest BCUT2D eigenvalue weighted by atomic mass is 10.1. The van der Waals surface area contributed by atoms with Gasteiger partial charge in [0.2, 0.25) is 0 Å². The molecule has 0 saturated carbocycles. The number of hydrogen-bond donors (Lipinski definition) is 1. The maximum atomic E-state index is 6.11. The molecule has 2 aromatic rings. The van der Waals surface area contributed by atoms with Crippen molar-refractivity contribution >= 4 is 11.6 Å². The molecule has 82 valence electrons. The summed E-state index contributed by atoms with van der Waals surface area (Å²) in [7, 11) is 0. The summed E-state index contributed by atoms with van der Waals surface area (Å²) >= 11 is 6.11. The first kappa shape index (κ1) is 11.1. The van der Waals surface area contributed by atoms with Gasteiger partial charge in [0, 0.05) is 29.0 Å². The van der Waals surface area contributed by atoms with Crippen molar-refractivity contribution in [2.75, 3.05) is 0 Å². The molecule has 0 radical (unpaired) electrons. The Morgan fingerprint density at radius 3 is 2.50 bits per heavy atom. The van der Waals surface area contributed by atoms with E-state index in [9.17, 15) is 0 Å². The highest BCUT2D eigenvalue weighted by Gasteiger charge is 2.02. The zero-order valence-corrected chi connectivity index (χ0v) is 9.83. The highest BCUT2D eigenvalue weighted by molar-refractivity contribution is 6.31. The van der Waals surface area contributed by atoms with Crippen molar-refractivity contribution in [3.63, 3.8) is 0 Å². The molecule has 2 N–H and O–H groups in total. The fourth-order valence-electron chi connectivity index (χ4n) is 1.53. The highest BCUT2D eigenvalue weighted by Crippen LogP contribution is 2.25. The Morgan fingerprint density at radius 1 is 1.19 bits per heavy atom. The Bertz CT molecular complexity index is 492. The van der Waals surface area contributed by atoms with Crippen LogP contribution >= 0.6 is 11.6 Å². The highest BCUT2D eigenvalue weighted by atomic mass is 35.5. The molecule has 0 saturated heterocycles. The Hall–Kier alpha value is -1.38. The van der Waals surface area contributed by atoms with Crippen LogP contribution in [0.25, 0.3) is 11.1 Å². The Labute approximate surface area is 100 Å². The standard InChI is InChI=1S/C13H13ClN2/c1-9-2-3-12(8-16-9)10-4-5-11(7-15)13(14)6-10/h2-6,8H,7,15H2,1H3. The summed E-state index contributed by atoms with van der Waals surface area (Å²) in [5.41, 5.74) is 9.66. The van der Waals surface area contributed by atoms with Crippen molar-refractivity contribution in [2.24, 2.45) is 5.73 Å². The zero-order valence-electron chi connectivity index (χ0n) is 9.07. The quantitative estimate of drug-likeness (QED) is 0.864. The van der Waals surface area contributed by atoms with Crippen LogP contribution in [0, 0.1) is 6.92 Å². The second-order valence-corrected chi connectivity index (χ2v) is 4.11. The third-order valence-electron chi connectivity index (χ3n) is 2.52. The molecule has 0 bridgehead atoms. The van der Waals surface area contributed by atoms with Crippen LogP contribution in [0.1, 0.15) is 11.3 Å². The third-order valence-corrected chi connectivity index (χ3v) is 2.87. The van der Waals surface area contributed by atoms with E-state index in [0.29, 0.717) is 11.6 Å². The summed E-state index contributed by atoms with van der Waals surface area (Å²) in [6, 6.07) is 9.92. The molecule has 1 aromatic carbocycles. The molecule has 1 heterocycles. The van der Waals surface area contributed by atoms with Gasteiger partial charge in [-0.3, -0.25) is 4.98 Å². The number of halogens is 1. The van der Waals surface area contributed by atoms with Crippen LogP contribution in [0.5, 0.6) is 0 Å². The van der Waals surface area contributed by atoms with Gasteiger partial charge in [0.25, 0.3) is 0 Å². The molecule has 16 heavy (non-hydrogen) atoms. The van der Waals surface area contributed by atoms with Crippen molar-refractivity contribution in [3.8, 4) is 11.1 Å². The van der Waals surface area contributed by atoms with E-state index < -0.39 is 0 Å². The first-order valence-corrected chi connectivity index (χ1v) is 5.50. The van der Waals surface area contributed by atoms with E-state index in [1.54, 1.807) is 0 Å². The average Bonchev–Trinajstić information content (AvgIpc) is 2.30. The maximum absolute atomic E-state index is 6.11. The van der Waals surface area contributed by atoms with Gasteiger partial charge in [-0.05, 0) is 30.2 Å². The van der Waals surface area contributed by atoms with Gasteiger partial charge in [-0.2, -0.15) is 0 Å². The van der Waals surface area contributed by atoms with Gasteiger partial charge >= 0.3 is 0 Å². The van der Waals surface area contributed by atoms with Crippen molar-refractivity contribution in [1.82, 2.24) is 4.98 Å². The maximum Gasteiger partial charge on any atom is 0.0457 e. The number of nitrogens with zero attached hydrogens (tertiary/aromatic N) is 1. The van der Waals surface area contributed by atoms with E-state index in [-0.39, 0.29) is 0 Å². The van der Waals surface area contributed by atoms with Gasteiger partial charge < -0.3 is 5.73 Å². The topological polar surface area (TPSA) is 38.9 Å². The molecule has 0 spiro atoms. The molecular weight excluding hydrogens is 220 g/mol. The minimum absolute atomic E-state index is 0.464. The second-order valence-electron chi connectivity index (χ2n) is 3.70. The normalized spacial score (nSPS) is 10.4. The van der Waals surface area contributed by atoms with Crippen molar-refractivity contribution < 1.29 is 0 Å². The van der Waals surface area contributed by atoms with Crippen molar-refractivity contribution in [1.29, 1.82) is 0 Å². The van der Waals surface area contributed by atoms with Crippen LogP contribution in [0.3, 0.4) is 0 Å². The van der Waals surface area contributed by atoms with Crippen LogP contribution in [-0.2, 0) is 6.54 Å². The second kappa shape index (κ2) is 4.64. The molecule has 0 amide bonds. The predicted molar refractivity (Wildman–Crippen MR) is 67.3 cm³/mol. The largest absolute Gasteiger partial charge is 0.326 e. The number of aromatic nitrogens is 1. The summed E-state index contributed by atoms with van der Waals surface area (Å²) in [4.78, 5) is 4.26. The van der Waals surface area contributed by atoms with Crippen LogP contribution < -0.4 is 5.73 Å². The van der Waals surface area contributed by atoms with Gasteiger partial charge in [-0.15, -0.1) is 0 Å². The summed E-state index contributed by atoms with van der Waals surface area (Å²) < 4.78 is 0. The fourth-order valence-corrected chi connectivity index (χ4v) is 1.79. The number of hydrogen-bond acceptors (Lipinski definition) is 2. The lowest BCUT2D eigenvalue weighted by Crippen LogP contribution is -1.96. The van der Waals surface area contributed by atoms with Gasteiger partial charge in [0.1, 0.15) is 0 Å². The van der Waals surface area contributed by atoms with Crippen LogP contribution in [0.15, 0.2) is 36.5 Å². The monoisotopic (exact) mass is 232 g/mol. The molecule has 0 atom stereocenters. The van der Waals surface area contributed by atoms with Crippen LogP contribution in [-0.4, -0.2) is 4.98 Å². The smallest absolute Gasteiger partial charge is 0.0457 e. The average molecular weight is 233 g/mol. The molecule has 0 aliphatic carbocycles. The van der Waals surface area contributed by atoms with Gasteiger partial charge in [-0.25, -0.2) is 0 Å². The van der Waals surface area contributed by atoms with Crippen LogP contribution in [0.4, 0.5) is 0 Å². The SMILES string of the molecule is Cc1ccc(-c2ccc(CN)c(Cl)c2)cn1. The third kappa shape index (κ3) is 2.23. The van der Waals surface area contributed by atoms with Gasteiger partial charge in [0.15, 0.2) is 0 Å². The van der Waals surface area contributed by atoms with E-state index in [1.165, 1.54) is 0 Å². The zero-order chi connectivity index (χ0) is 11.5. The molecular formula is C13H13ClN2. The first-order valence-electron chi connectivity index (χ1n) is 5.12. The number of nitrogens with two attached hydrogens (primary N) is 1. The number of pyridine rings is 1. The summed E-state index contributed by atoms with van der Waals surface area (Å²) in [5, 5.41) is 0.709. The van der Waals surface area contributed by atoms with Gasteiger partial charge in [-0.1, -0.05) is 29.8 Å². The minimum atomic E-state index is 0.464. The number of aryl methyl sites for hydroxylation is 1. The molecule has 0 fully saturated rings.